The van der Waals surface area contributed by atoms with E-state index in [1.54, 1.807) is 0 Å². The Morgan fingerprint density at radius 1 is 1.57 bits per heavy atom. The van der Waals surface area contributed by atoms with E-state index in [0.29, 0.717) is 11.8 Å². The monoisotopic (exact) mass is 193 g/mol. The minimum absolute atomic E-state index is 0.122. The molecule has 2 rings (SSSR count). The van der Waals surface area contributed by atoms with Crippen molar-refractivity contribution in [3.05, 3.63) is 0 Å². The van der Waals surface area contributed by atoms with E-state index in [9.17, 15) is 5.11 Å². The highest BCUT2D eigenvalue weighted by Gasteiger charge is 2.53. The van der Waals surface area contributed by atoms with Gasteiger partial charge in [0, 0.05) is 0 Å². The summed E-state index contributed by atoms with van der Waals surface area (Å²) in [6, 6.07) is 2.32. The second-order valence-corrected chi connectivity index (χ2v) is 5.04. The summed E-state index contributed by atoms with van der Waals surface area (Å²) in [6.45, 7) is 2.08. The van der Waals surface area contributed by atoms with Crippen LogP contribution in [-0.2, 0) is 0 Å². The topological polar surface area (TPSA) is 44.0 Å². The fourth-order valence-electron chi connectivity index (χ4n) is 3.49. The van der Waals surface area contributed by atoms with Gasteiger partial charge in [-0.2, -0.15) is 5.26 Å². The van der Waals surface area contributed by atoms with Crippen LogP contribution in [0.25, 0.3) is 0 Å². The van der Waals surface area contributed by atoms with Gasteiger partial charge in [0.05, 0.1) is 17.6 Å². The van der Waals surface area contributed by atoms with E-state index in [4.69, 9.17) is 5.26 Å². The highest BCUT2D eigenvalue weighted by Crippen LogP contribution is 2.54. The van der Waals surface area contributed by atoms with Gasteiger partial charge in [-0.3, -0.25) is 0 Å². The number of aliphatic hydroxyl groups is 1. The maximum atomic E-state index is 10.5. The molecular formula is C12H19NO. The Morgan fingerprint density at radius 2 is 2.36 bits per heavy atom. The van der Waals surface area contributed by atoms with Gasteiger partial charge in [-0.15, -0.1) is 0 Å². The summed E-state index contributed by atoms with van der Waals surface area (Å²) < 4.78 is 0. The zero-order chi connectivity index (χ0) is 10.2. The molecule has 0 amide bonds. The molecule has 4 atom stereocenters. The van der Waals surface area contributed by atoms with Gasteiger partial charge in [0.1, 0.15) is 0 Å². The molecule has 2 aliphatic rings. The van der Waals surface area contributed by atoms with Crippen LogP contribution in [0.15, 0.2) is 0 Å². The van der Waals surface area contributed by atoms with Crippen LogP contribution in [0.5, 0.6) is 0 Å². The predicted octanol–water partition coefficient (Wildman–Crippen LogP) is 2.48. The first-order chi connectivity index (χ1) is 6.70. The number of hydrogen-bond acceptors (Lipinski definition) is 2. The summed E-state index contributed by atoms with van der Waals surface area (Å²) in [5, 5.41) is 19.7. The van der Waals surface area contributed by atoms with Gasteiger partial charge >= 0.3 is 0 Å². The number of fused-ring (bicyclic) bond motifs is 2. The third-order valence-electron chi connectivity index (χ3n) is 4.20. The molecule has 78 valence electrons. The van der Waals surface area contributed by atoms with E-state index in [2.05, 4.69) is 13.0 Å². The van der Waals surface area contributed by atoms with E-state index in [1.165, 1.54) is 12.8 Å². The van der Waals surface area contributed by atoms with Crippen LogP contribution in [0.4, 0.5) is 0 Å². The van der Waals surface area contributed by atoms with Gasteiger partial charge in [-0.25, -0.2) is 0 Å². The molecule has 14 heavy (non-hydrogen) atoms. The summed E-state index contributed by atoms with van der Waals surface area (Å²) >= 11 is 0. The van der Waals surface area contributed by atoms with Crippen LogP contribution < -0.4 is 0 Å². The van der Waals surface area contributed by atoms with Crippen molar-refractivity contribution in [3.63, 3.8) is 0 Å². The Labute approximate surface area is 85.9 Å². The van der Waals surface area contributed by atoms with E-state index < -0.39 is 5.60 Å². The third-order valence-corrected chi connectivity index (χ3v) is 4.20. The van der Waals surface area contributed by atoms with Gasteiger partial charge in [-0.05, 0) is 43.9 Å². The van der Waals surface area contributed by atoms with Crippen molar-refractivity contribution in [3.8, 4) is 6.07 Å². The lowest BCUT2D eigenvalue weighted by atomic mass is 9.74. The molecule has 0 spiro atoms. The maximum Gasteiger partial charge on any atom is 0.0836 e. The fourth-order valence-corrected chi connectivity index (χ4v) is 3.49. The largest absolute Gasteiger partial charge is 0.388 e. The summed E-state index contributed by atoms with van der Waals surface area (Å²) in [7, 11) is 0. The highest BCUT2D eigenvalue weighted by molar-refractivity contribution is 5.09. The zero-order valence-electron chi connectivity index (χ0n) is 8.87. The van der Waals surface area contributed by atoms with E-state index in [-0.39, 0.29) is 5.92 Å². The quantitative estimate of drug-likeness (QED) is 0.748. The summed E-state index contributed by atoms with van der Waals surface area (Å²) in [5.74, 6) is 1.00. The smallest absolute Gasteiger partial charge is 0.0836 e. The second-order valence-electron chi connectivity index (χ2n) is 5.04. The average molecular weight is 193 g/mol. The van der Waals surface area contributed by atoms with Crippen LogP contribution in [0, 0.1) is 29.1 Å². The molecule has 0 aromatic heterocycles. The summed E-state index contributed by atoms with van der Waals surface area (Å²) in [6.07, 6.45) is 6.32. The molecule has 0 aromatic carbocycles. The van der Waals surface area contributed by atoms with Gasteiger partial charge in [-0.1, -0.05) is 13.3 Å². The minimum atomic E-state index is -0.631. The third kappa shape index (κ3) is 1.35. The SMILES string of the molecule is CCCC(C#N)C1(O)CC2CCC1C2. The van der Waals surface area contributed by atoms with Crippen LogP contribution in [0.2, 0.25) is 0 Å². The minimum Gasteiger partial charge on any atom is -0.388 e. The normalized spacial score (nSPS) is 42.4. The lowest BCUT2D eigenvalue weighted by Gasteiger charge is -2.36. The molecule has 2 saturated carbocycles. The van der Waals surface area contributed by atoms with Crippen LogP contribution in [0.1, 0.15) is 45.4 Å². The second kappa shape index (κ2) is 3.55. The fraction of sp³-hybridized carbons (Fsp3) is 0.917. The van der Waals surface area contributed by atoms with Crippen LogP contribution in [0.3, 0.4) is 0 Å². The van der Waals surface area contributed by atoms with E-state index in [0.717, 1.165) is 25.7 Å². The molecule has 0 heterocycles. The Balaban J connectivity index is 2.12. The number of hydrogen-bond donors (Lipinski definition) is 1. The molecule has 2 fully saturated rings. The Kier molecular flexibility index (Phi) is 2.53. The molecule has 2 heteroatoms. The lowest BCUT2D eigenvalue weighted by molar-refractivity contribution is -0.0491. The molecule has 0 aliphatic heterocycles. The molecule has 4 unspecified atom stereocenters. The first-order valence-electron chi connectivity index (χ1n) is 5.82. The summed E-state index contributed by atoms with van der Waals surface area (Å²) in [5.41, 5.74) is -0.631. The van der Waals surface area contributed by atoms with Gasteiger partial charge in [0.2, 0.25) is 0 Å². The zero-order valence-corrected chi connectivity index (χ0v) is 8.87. The van der Waals surface area contributed by atoms with Crippen LogP contribution >= 0.6 is 0 Å². The van der Waals surface area contributed by atoms with Gasteiger partial charge in [0.25, 0.3) is 0 Å². The molecular weight excluding hydrogens is 174 g/mol. The molecule has 2 bridgehead atoms. The standard InChI is InChI=1S/C12H19NO/c1-2-3-11(8-13)12(14)7-9-4-5-10(12)6-9/h9-11,14H,2-7H2,1H3. The highest BCUT2D eigenvalue weighted by atomic mass is 16.3. The lowest BCUT2D eigenvalue weighted by Crippen LogP contribution is -2.42. The van der Waals surface area contributed by atoms with E-state index in [1.807, 2.05) is 0 Å². The van der Waals surface area contributed by atoms with Crippen molar-refractivity contribution in [2.75, 3.05) is 0 Å². The molecule has 0 radical (unpaired) electrons. The van der Waals surface area contributed by atoms with Gasteiger partial charge < -0.3 is 5.11 Å². The van der Waals surface area contributed by atoms with Crippen molar-refractivity contribution in [2.45, 2.75) is 51.0 Å². The average Bonchev–Trinajstić information content (AvgIpc) is 2.73. The first kappa shape index (κ1) is 9.98. The van der Waals surface area contributed by atoms with E-state index >= 15 is 0 Å². The predicted molar refractivity (Wildman–Crippen MR) is 54.4 cm³/mol. The van der Waals surface area contributed by atoms with Crippen LogP contribution in [-0.4, -0.2) is 10.7 Å². The molecule has 1 N–H and O–H groups in total. The molecule has 0 aromatic rings. The van der Waals surface area contributed by atoms with Crippen molar-refractivity contribution in [2.24, 2.45) is 17.8 Å². The maximum absolute atomic E-state index is 10.5. The Morgan fingerprint density at radius 3 is 2.79 bits per heavy atom. The van der Waals surface area contributed by atoms with Crippen molar-refractivity contribution < 1.29 is 5.11 Å². The number of nitrogens with zero attached hydrogens (tertiary/aromatic N) is 1. The number of rotatable bonds is 3. The first-order valence-corrected chi connectivity index (χ1v) is 5.82. The van der Waals surface area contributed by atoms with Crippen molar-refractivity contribution in [1.82, 2.24) is 0 Å². The molecule has 2 aliphatic carbocycles. The number of nitriles is 1. The van der Waals surface area contributed by atoms with Crippen molar-refractivity contribution in [1.29, 1.82) is 5.26 Å². The molecule has 2 nitrogen and oxygen atoms in total. The molecule has 0 saturated heterocycles. The Bertz CT molecular complexity index is 258. The summed E-state index contributed by atoms with van der Waals surface area (Å²) in [4.78, 5) is 0. The van der Waals surface area contributed by atoms with Crippen molar-refractivity contribution >= 4 is 0 Å². The Hall–Kier alpha value is -0.550. The van der Waals surface area contributed by atoms with Gasteiger partial charge in [0.15, 0.2) is 0 Å².